The van der Waals surface area contributed by atoms with Crippen LogP contribution in [0.3, 0.4) is 0 Å². The molecular formula is C20H22N2O6S. The Hall–Kier alpha value is -3.07. The van der Waals surface area contributed by atoms with Crippen LogP contribution in [0, 0.1) is 6.92 Å². The van der Waals surface area contributed by atoms with Gasteiger partial charge in [-0.25, -0.2) is 0 Å². The van der Waals surface area contributed by atoms with Gasteiger partial charge in [-0.15, -0.1) is 11.8 Å². The van der Waals surface area contributed by atoms with E-state index in [1.807, 2.05) is 19.1 Å². The lowest BCUT2D eigenvalue weighted by Gasteiger charge is -2.12. The topological polar surface area (TPSA) is 95.1 Å². The highest BCUT2D eigenvalue weighted by atomic mass is 32.2. The normalized spacial score (nSPS) is 11.7. The number of ether oxygens (including phenoxy) is 4. The zero-order valence-corrected chi connectivity index (χ0v) is 17.2. The summed E-state index contributed by atoms with van der Waals surface area (Å²) in [6.45, 7) is 2.11. The number of carbonyl (C=O) groups excluding carboxylic acids is 2. The van der Waals surface area contributed by atoms with Gasteiger partial charge in [-0.1, -0.05) is 0 Å². The average Bonchev–Trinajstić information content (AvgIpc) is 3.20. The highest BCUT2D eigenvalue weighted by Crippen LogP contribution is 2.33. The maximum absolute atomic E-state index is 12.2. The van der Waals surface area contributed by atoms with Crippen LogP contribution in [0.4, 0.5) is 0 Å². The smallest absolute Gasteiger partial charge is 0.269 e. The molecule has 0 aromatic heterocycles. The maximum atomic E-state index is 12.2. The highest BCUT2D eigenvalue weighted by Gasteiger charge is 2.16. The maximum Gasteiger partial charge on any atom is 0.269 e. The van der Waals surface area contributed by atoms with Gasteiger partial charge in [0.25, 0.3) is 5.91 Å². The van der Waals surface area contributed by atoms with Crippen LogP contribution in [0.1, 0.15) is 21.5 Å². The molecular weight excluding hydrogens is 396 g/mol. The molecule has 0 saturated heterocycles. The Labute approximate surface area is 172 Å². The van der Waals surface area contributed by atoms with Crippen molar-refractivity contribution in [1.82, 2.24) is 10.9 Å². The molecule has 2 aromatic carbocycles. The van der Waals surface area contributed by atoms with E-state index in [2.05, 4.69) is 10.9 Å². The molecule has 3 rings (SSSR count). The lowest BCUT2D eigenvalue weighted by Crippen LogP contribution is -2.42. The first-order valence-corrected chi connectivity index (χ1v) is 9.95. The fraction of sp³-hybridized carbons (Fsp3) is 0.300. The van der Waals surface area contributed by atoms with E-state index in [-0.39, 0.29) is 18.5 Å². The van der Waals surface area contributed by atoms with Crippen molar-refractivity contribution in [3.8, 4) is 23.0 Å². The third-order valence-electron chi connectivity index (χ3n) is 4.28. The molecule has 2 aromatic rings. The third kappa shape index (κ3) is 5.05. The van der Waals surface area contributed by atoms with Crippen molar-refractivity contribution in [3.05, 3.63) is 47.0 Å². The van der Waals surface area contributed by atoms with Crippen LogP contribution in [0.5, 0.6) is 23.0 Å². The summed E-state index contributed by atoms with van der Waals surface area (Å²) in [6, 6.07) is 8.63. The van der Waals surface area contributed by atoms with Crippen LogP contribution < -0.4 is 29.8 Å². The summed E-state index contributed by atoms with van der Waals surface area (Å²) < 4.78 is 21.0. The molecule has 0 atom stereocenters. The number of hydrogen-bond donors (Lipinski definition) is 2. The van der Waals surface area contributed by atoms with Crippen molar-refractivity contribution in [2.75, 3.05) is 26.8 Å². The minimum absolute atomic E-state index is 0.133. The van der Waals surface area contributed by atoms with Crippen molar-refractivity contribution in [1.29, 1.82) is 0 Å². The van der Waals surface area contributed by atoms with Crippen LogP contribution in [-0.2, 0) is 10.5 Å². The average molecular weight is 418 g/mol. The van der Waals surface area contributed by atoms with E-state index in [0.717, 1.165) is 11.1 Å². The number of hydrazine groups is 1. The second-order valence-corrected chi connectivity index (χ2v) is 7.18. The molecule has 8 nitrogen and oxygen atoms in total. The number of amides is 2. The lowest BCUT2D eigenvalue weighted by molar-refractivity contribution is -0.119. The fourth-order valence-corrected chi connectivity index (χ4v) is 3.59. The Balaban J connectivity index is 1.46. The Morgan fingerprint density at radius 2 is 1.76 bits per heavy atom. The van der Waals surface area contributed by atoms with E-state index >= 15 is 0 Å². The Morgan fingerprint density at radius 3 is 2.52 bits per heavy atom. The van der Waals surface area contributed by atoms with Gasteiger partial charge in [0.1, 0.15) is 0 Å². The lowest BCUT2D eigenvalue weighted by atomic mass is 10.1. The number of aryl methyl sites for hydroxylation is 1. The van der Waals surface area contributed by atoms with Gasteiger partial charge in [0.15, 0.2) is 23.0 Å². The molecule has 0 radical (unpaired) electrons. The zero-order chi connectivity index (χ0) is 20.8. The Morgan fingerprint density at radius 1 is 1.03 bits per heavy atom. The first-order valence-electron chi connectivity index (χ1n) is 8.80. The molecule has 2 N–H and O–H groups in total. The molecule has 1 aliphatic heterocycles. The number of hydrogen-bond acceptors (Lipinski definition) is 7. The highest BCUT2D eigenvalue weighted by molar-refractivity contribution is 7.99. The van der Waals surface area contributed by atoms with Crippen molar-refractivity contribution in [2.45, 2.75) is 12.7 Å². The van der Waals surface area contributed by atoms with E-state index in [1.165, 1.54) is 11.8 Å². The molecule has 0 fully saturated rings. The third-order valence-corrected chi connectivity index (χ3v) is 5.26. The molecule has 154 valence electrons. The number of fused-ring (bicyclic) bond motifs is 1. The molecule has 0 spiro atoms. The van der Waals surface area contributed by atoms with Crippen LogP contribution in [-0.4, -0.2) is 38.6 Å². The van der Waals surface area contributed by atoms with E-state index in [0.29, 0.717) is 34.3 Å². The summed E-state index contributed by atoms with van der Waals surface area (Å²) in [6.07, 6.45) is 0. The number of methoxy groups -OCH3 is 2. The monoisotopic (exact) mass is 418 g/mol. The second kappa shape index (κ2) is 9.42. The predicted octanol–water partition coefficient (Wildman–Crippen LogP) is 2.44. The van der Waals surface area contributed by atoms with E-state index in [1.54, 1.807) is 32.4 Å². The number of carbonyl (C=O) groups is 2. The molecule has 0 bridgehead atoms. The first-order chi connectivity index (χ1) is 14.0. The van der Waals surface area contributed by atoms with Gasteiger partial charge in [0, 0.05) is 11.3 Å². The summed E-state index contributed by atoms with van der Waals surface area (Å²) in [7, 11) is 3.17. The van der Waals surface area contributed by atoms with Gasteiger partial charge in [-0.05, 0) is 48.4 Å². The SMILES string of the molecule is COc1cc(C)c(CSCC(=O)NNC(=O)c2ccc3c(c2)OCO3)cc1OC. The summed E-state index contributed by atoms with van der Waals surface area (Å²) in [5, 5.41) is 0. The van der Waals surface area contributed by atoms with Gasteiger partial charge in [0.05, 0.1) is 20.0 Å². The predicted molar refractivity (Wildman–Crippen MR) is 109 cm³/mol. The standard InChI is InChI=1S/C20H22N2O6S/c1-12-6-16(25-2)17(26-3)8-14(12)9-29-10-19(23)21-22-20(24)13-4-5-15-18(7-13)28-11-27-15/h4-8H,9-11H2,1-3H3,(H,21,23)(H,22,24). The van der Waals surface area contributed by atoms with Gasteiger partial charge in [0.2, 0.25) is 12.7 Å². The van der Waals surface area contributed by atoms with Crippen molar-refractivity contribution < 1.29 is 28.5 Å². The summed E-state index contributed by atoms with van der Waals surface area (Å²) in [5.74, 6) is 2.49. The summed E-state index contributed by atoms with van der Waals surface area (Å²) in [5.41, 5.74) is 7.27. The van der Waals surface area contributed by atoms with Crippen molar-refractivity contribution >= 4 is 23.6 Å². The number of rotatable bonds is 7. The first kappa shape index (κ1) is 20.7. The Bertz CT molecular complexity index is 918. The minimum atomic E-state index is -0.433. The Kier molecular flexibility index (Phi) is 6.71. The molecule has 0 aliphatic carbocycles. The van der Waals surface area contributed by atoms with E-state index < -0.39 is 5.91 Å². The summed E-state index contributed by atoms with van der Waals surface area (Å²) in [4.78, 5) is 24.2. The molecule has 2 amide bonds. The number of thioether (sulfide) groups is 1. The van der Waals surface area contributed by atoms with Crippen LogP contribution >= 0.6 is 11.8 Å². The van der Waals surface area contributed by atoms with Crippen LogP contribution in [0.2, 0.25) is 0 Å². The van der Waals surface area contributed by atoms with Gasteiger partial charge < -0.3 is 18.9 Å². The molecule has 0 saturated carbocycles. The van der Waals surface area contributed by atoms with Crippen LogP contribution in [0.15, 0.2) is 30.3 Å². The molecule has 9 heteroatoms. The van der Waals surface area contributed by atoms with Gasteiger partial charge in [-0.3, -0.25) is 20.4 Å². The van der Waals surface area contributed by atoms with E-state index in [9.17, 15) is 9.59 Å². The summed E-state index contributed by atoms with van der Waals surface area (Å²) >= 11 is 1.43. The largest absolute Gasteiger partial charge is 0.493 e. The minimum Gasteiger partial charge on any atom is -0.493 e. The van der Waals surface area contributed by atoms with Gasteiger partial charge in [-0.2, -0.15) is 0 Å². The van der Waals surface area contributed by atoms with Crippen molar-refractivity contribution in [3.63, 3.8) is 0 Å². The van der Waals surface area contributed by atoms with E-state index in [4.69, 9.17) is 18.9 Å². The van der Waals surface area contributed by atoms with Gasteiger partial charge >= 0.3 is 0 Å². The number of benzene rings is 2. The quantitative estimate of drug-likeness (QED) is 0.667. The fourth-order valence-electron chi connectivity index (χ4n) is 2.70. The van der Waals surface area contributed by atoms with Crippen LogP contribution in [0.25, 0.3) is 0 Å². The molecule has 1 aliphatic rings. The molecule has 29 heavy (non-hydrogen) atoms. The van der Waals surface area contributed by atoms with Crippen molar-refractivity contribution in [2.24, 2.45) is 0 Å². The molecule has 0 unspecified atom stereocenters. The molecule has 1 heterocycles. The zero-order valence-electron chi connectivity index (χ0n) is 16.4. The second-order valence-electron chi connectivity index (χ2n) is 6.20. The number of nitrogens with one attached hydrogen (secondary N) is 2.